The zero-order valence-electron chi connectivity index (χ0n) is 80.9. The van der Waals surface area contributed by atoms with E-state index < -0.39 is 81.6 Å². The van der Waals surface area contributed by atoms with Crippen LogP contribution in [0.4, 0.5) is 0 Å². The van der Waals surface area contributed by atoms with Crippen LogP contribution in [-0.2, 0) is 114 Å². The fourth-order valence-electron chi connectivity index (χ4n) is 17.3. The molecule has 0 spiro atoms. The van der Waals surface area contributed by atoms with Crippen molar-refractivity contribution in [3.05, 3.63) is 0 Å². The SMILES string of the molecule is COCCOCCC[CH2][Sn]([CH2]CCCOCCOC)([CH2]CCCOCCOC)[CH2]C[Si](C[CH2][Sn]([CH2]CCCOCCOC)([CH2]CCCOCCOC)[CH2]CCCOCCOC)(C[CH2][Sn]([CH2]CCCOCCOC)([CH2]CCCOCCOC)[CH2]CCCOCCOC)C[CH2][Sn]([CH2]CCCOCCOC)([CH2]CCCOCCOC)[CH2]CCCOCCOC. The van der Waals surface area contributed by atoms with E-state index in [2.05, 4.69) is 0 Å². The quantitative estimate of drug-likeness (QED) is 0.0408. The Balaban J connectivity index is 10.1. The fourth-order valence-corrected chi connectivity index (χ4v) is 111. The monoisotopic (exact) mass is 2190 g/mol. The zero-order valence-corrected chi connectivity index (χ0v) is 93.3. The van der Waals surface area contributed by atoms with Crippen molar-refractivity contribution in [2.75, 3.05) is 323 Å². The average Bonchev–Trinajstić information content (AvgIpc) is 0.799. The molecule has 0 aromatic carbocycles. The van der Waals surface area contributed by atoms with Crippen LogP contribution in [-0.4, -0.2) is 405 Å². The summed E-state index contributed by atoms with van der Waals surface area (Å²) in [6, 6.07) is 5.96. The van der Waals surface area contributed by atoms with Crippen LogP contribution >= 0.6 is 0 Å². The van der Waals surface area contributed by atoms with Gasteiger partial charge in [0.25, 0.3) is 0 Å². The van der Waals surface area contributed by atoms with E-state index in [-0.39, 0.29) is 0 Å². The first-order valence-corrected chi connectivity index (χ1v) is 83.5. The number of unbranched alkanes of at least 4 members (excludes halogenated alkanes) is 12. The minimum absolute atomic E-state index is 0.624. The van der Waals surface area contributed by atoms with Gasteiger partial charge < -0.3 is 0 Å². The zero-order chi connectivity index (χ0) is 88.0. The fraction of sp³-hybridized carbons (Fsp3) is 1.00. The second kappa shape index (κ2) is 97.0. The minimum atomic E-state index is -3.21. The van der Waals surface area contributed by atoms with Crippen molar-refractivity contribution in [2.45, 2.75) is 249 Å². The van der Waals surface area contributed by atoms with Gasteiger partial charge in [0.2, 0.25) is 0 Å². The molecule has 0 aliphatic heterocycles. The molecule has 0 unspecified atom stereocenters. The maximum absolute atomic E-state index is 6.36. The molecule has 728 valence electrons. The number of methoxy groups -OCH3 is 12. The Labute approximate surface area is 761 Å². The molecular weight excluding hydrogens is 1990 g/mol. The summed E-state index contributed by atoms with van der Waals surface area (Å²) < 4.78 is 165. The van der Waals surface area contributed by atoms with Crippen LogP contribution in [0.2, 0.25) is 95.2 Å². The van der Waals surface area contributed by atoms with Gasteiger partial charge in [-0.1, -0.05) is 0 Å². The topological polar surface area (TPSA) is 222 Å². The van der Waals surface area contributed by atoms with Gasteiger partial charge in [0.15, 0.2) is 0 Å². The summed E-state index contributed by atoms with van der Waals surface area (Å²) in [7, 11) is 19.1. The van der Waals surface area contributed by atoms with E-state index >= 15 is 0 Å². The predicted molar refractivity (Wildman–Crippen MR) is 508 cm³/mol. The molecule has 0 saturated heterocycles. The van der Waals surface area contributed by atoms with Crippen molar-refractivity contribution >= 4 is 81.6 Å². The van der Waals surface area contributed by atoms with Crippen LogP contribution in [0, 0.1) is 0 Å². The van der Waals surface area contributed by atoms with Crippen LogP contribution in [0.3, 0.4) is 0 Å². The third kappa shape index (κ3) is 78.5. The van der Waals surface area contributed by atoms with Gasteiger partial charge in [-0.05, 0) is 0 Å². The number of rotatable bonds is 108. The van der Waals surface area contributed by atoms with Crippen molar-refractivity contribution in [3.8, 4) is 0 Å². The maximum atomic E-state index is 6.36. The molecule has 0 aromatic heterocycles. The normalized spacial score (nSPS) is 12.6. The van der Waals surface area contributed by atoms with Gasteiger partial charge >= 0.3 is 768 Å². The molecule has 0 aromatic rings. The molecule has 0 aliphatic rings. The Morgan fingerprint density at radius 1 is 0.116 bits per heavy atom. The molecule has 0 N–H and O–H groups in total. The van der Waals surface area contributed by atoms with E-state index in [9.17, 15) is 0 Å². The molecule has 0 amide bonds. The van der Waals surface area contributed by atoms with Crippen LogP contribution in [0.25, 0.3) is 0 Å². The second-order valence-corrected chi connectivity index (χ2v) is 96.3. The second-order valence-electron chi connectivity index (χ2n) is 34.2. The molecule has 24 nitrogen and oxygen atoms in total. The Morgan fingerprint density at radius 3 is 0.306 bits per heavy atom. The van der Waals surface area contributed by atoms with Crippen molar-refractivity contribution < 1.29 is 114 Å². The molecule has 0 aliphatic carbocycles. The summed E-state index contributed by atoms with van der Waals surface area (Å²) >= 11 is -12.8. The van der Waals surface area contributed by atoms with Gasteiger partial charge in [-0.15, -0.1) is 0 Å². The van der Waals surface area contributed by atoms with Gasteiger partial charge in [0.1, 0.15) is 0 Å². The molecule has 0 rings (SSSR count). The van der Waals surface area contributed by atoms with E-state index in [0.29, 0.717) is 159 Å². The molecule has 0 saturated carbocycles. The Hall–Kier alpha value is 2.45. The summed E-state index contributed by atoms with van der Waals surface area (Å²) in [5, 5.41) is 0. The van der Waals surface area contributed by atoms with E-state index in [1.54, 1.807) is 85.3 Å². The number of hydrogen-bond acceptors (Lipinski definition) is 24. The van der Waals surface area contributed by atoms with E-state index in [4.69, 9.17) is 114 Å². The summed E-state index contributed by atoms with van der Waals surface area (Å²) in [6.45, 7) is 24.7. The predicted octanol–water partition coefficient (Wildman–Crippen LogP) is 18.5. The standard InChI is InChI=1S/C8H16Si.12C7H15O2.4Sn/c1-5-9(6-2,7-3)8-4;12*1-3-4-5-9-7-6-8-2;;;;/h1-8H2;12*1,3-7H2,2H3;;;;. The van der Waals surface area contributed by atoms with E-state index in [0.717, 1.165) is 156 Å². The van der Waals surface area contributed by atoms with Gasteiger partial charge in [-0.3, -0.25) is 0 Å². The number of ether oxygens (including phenoxy) is 24. The Kier molecular flexibility index (Phi) is 99.0. The van der Waals surface area contributed by atoms with Crippen molar-refractivity contribution in [1.82, 2.24) is 0 Å². The Morgan fingerprint density at radius 2 is 0.215 bits per heavy atom. The van der Waals surface area contributed by atoms with Gasteiger partial charge in [0, 0.05) is 0 Å². The number of hydrogen-bond donors (Lipinski definition) is 0. The van der Waals surface area contributed by atoms with E-state index in [1.165, 1.54) is 172 Å². The van der Waals surface area contributed by atoms with Crippen LogP contribution in [0.5, 0.6) is 0 Å². The molecule has 29 heteroatoms. The molecule has 121 heavy (non-hydrogen) atoms. The van der Waals surface area contributed by atoms with Crippen LogP contribution in [0.1, 0.15) is 154 Å². The van der Waals surface area contributed by atoms with Crippen LogP contribution < -0.4 is 0 Å². The van der Waals surface area contributed by atoms with Crippen molar-refractivity contribution in [3.63, 3.8) is 0 Å². The van der Waals surface area contributed by atoms with Crippen LogP contribution in [0.15, 0.2) is 0 Å². The third-order valence-corrected chi connectivity index (χ3v) is 99.2. The molecular formula is C92H196O24SiSn4. The third-order valence-electron chi connectivity index (χ3n) is 24.9. The molecule has 0 fully saturated rings. The first-order valence-electron chi connectivity index (χ1n) is 48.4. The summed E-state index contributed by atoms with van der Waals surface area (Å²) in [5.41, 5.74) is 0. The summed E-state index contributed by atoms with van der Waals surface area (Å²) in [4.78, 5) is 0. The molecule has 0 heterocycles. The molecule has 0 atom stereocenters. The van der Waals surface area contributed by atoms with Gasteiger partial charge in [-0.2, -0.15) is 0 Å². The van der Waals surface area contributed by atoms with Crippen molar-refractivity contribution in [1.29, 1.82) is 0 Å². The van der Waals surface area contributed by atoms with E-state index in [1.807, 2.05) is 0 Å². The van der Waals surface area contributed by atoms with Gasteiger partial charge in [-0.25, -0.2) is 0 Å². The summed E-state index contributed by atoms with van der Waals surface area (Å²) in [5.74, 6) is 0. The Bertz CT molecular complexity index is 1550. The van der Waals surface area contributed by atoms with Crippen molar-refractivity contribution in [2.24, 2.45) is 0 Å². The molecule has 0 radical (unpaired) electrons. The molecule has 0 bridgehead atoms. The first kappa shape index (κ1) is 123. The first-order chi connectivity index (χ1) is 59.6. The average molecular weight is 2190 g/mol. The summed E-state index contributed by atoms with van der Waals surface area (Å²) in [6.07, 6.45) is 28.1. The van der Waals surface area contributed by atoms with Gasteiger partial charge in [0.05, 0.1) is 0 Å².